The average molecular weight is 383 g/mol. The van der Waals surface area contributed by atoms with Crippen molar-refractivity contribution in [2.24, 2.45) is 5.92 Å². The maximum Gasteiger partial charge on any atom is 0.292 e. The lowest BCUT2D eigenvalue weighted by atomic mass is 10.1. The molecule has 0 atom stereocenters. The quantitative estimate of drug-likeness (QED) is 0.590. The van der Waals surface area contributed by atoms with Gasteiger partial charge in [0.1, 0.15) is 6.54 Å². The fraction of sp³-hybridized carbons (Fsp3) is 0.500. The number of para-hydroxylation sites is 1. The number of carbonyl (C=O) groups is 3. The molecule has 0 bridgehead atoms. The van der Waals surface area contributed by atoms with E-state index < -0.39 is 11.7 Å². The van der Waals surface area contributed by atoms with Gasteiger partial charge in [-0.2, -0.15) is 0 Å². The van der Waals surface area contributed by atoms with Gasteiger partial charge in [-0.25, -0.2) is 0 Å². The topological polar surface area (TPSA) is 71.4 Å². The van der Waals surface area contributed by atoms with Crippen molar-refractivity contribution < 1.29 is 14.4 Å². The summed E-state index contributed by atoms with van der Waals surface area (Å²) in [4.78, 5) is 39.6. The Morgan fingerprint density at radius 3 is 2.50 bits per heavy atom. The van der Waals surface area contributed by atoms with Crippen LogP contribution in [0.1, 0.15) is 49.9 Å². The Balaban J connectivity index is 1.79. The number of likely N-dealkylation sites (tertiary alicyclic amines) is 1. The zero-order chi connectivity index (χ0) is 20.1. The first-order chi connectivity index (χ1) is 13.5. The first-order valence-electron chi connectivity index (χ1n) is 10.2. The number of nitrogens with one attached hydrogen (secondary N) is 1. The predicted molar refractivity (Wildman–Crippen MR) is 109 cm³/mol. The molecule has 150 valence electrons. The number of nitrogens with zero attached hydrogens (tertiary/aromatic N) is 2. The minimum absolute atomic E-state index is 0.0563. The number of ketones is 1. The third kappa shape index (κ3) is 4.61. The van der Waals surface area contributed by atoms with Crippen molar-refractivity contribution in [2.75, 3.05) is 19.6 Å². The van der Waals surface area contributed by atoms with Gasteiger partial charge in [-0.15, -0.1) is 0 Å². The van der Waals surface area contributed by atoms with Gasteiger partial charge < -0.3 is 14.8 Å². The Kier molecular flexibility index (Phi) is 6.49. The third-order valence-electron chi connectivity index (χ3n) is 5.26. The van der Waals surface area contributed by atoms with E-state index in [1.54, 1.807) is 10.8 Å². The van der Waals surface area contributed by atoms with Gasteiger partial charge >= 0.3 is 0 Å². The molecule has 1 aromatic heterocycles. The lowest BCUT2D eigenvalue weighted by Gasteiger charge is -2.27. The van der Waals surface area contributed by atoms with Gasteiger partial charge in [-0.05, 0) is 37.7 Å². The molecule has 6 nitrogen and oxygen atoms in total. The Labute approximate surface area is 165 Å². The number of carbonyl (C=O) groups excluding carboxylic acids is 3. The zero-order valence-electron chi connectivity index (χ0n) is 16.7. The van der Waals surface area contributed by atoms with E-state index in [1.807, 2.05) is 29.2 Å². The number of rotatable bonds is 7. The minimum atomic E-state index is -0.592. The summed E-state index contributed by atoms with van der Waals surface area (Å²) in [5.74, 6) is -0.631. The van der Waals surface area contributed by atoms with E-state index in [4.69, 9.17) is 0 Å². The molecule has 0 saturated carbocycles. The van der Waals surface area contributed by atoms with Crippen LogP contribution in [0, 0.1) is 5.92 Å². The van der Waals surface area contributed by atoms with Gasteiger partial charge in [0.2, 0.25) is 5.91 Å². The number of amides is 2. The summed E-state index contributed by atoms with van der Waals surface area (Å²) in [7, 11) is 0. The molecule has 1 aliphatic heterocycles. The number of Topliss-reactive ketones (excluding diaryl/α,β-unsaturated/α-hetero) is 1. The maximum atomic E-state index is 12.7. The highest BCUT2D eigenvalue weighted by Crippen LogP contribution is 2.22. The molecular formula is C22H29N3O3. The maximum absolute atomic E-state index is 12.7. The van der Waals surface area contributed by atoms with Crippen molar-refractivity contribution in [3.8, 4) is 0 Å². The van der Waals surface area contributed by atoms with E-state index in [1.165, 1.54) is 6.42 Å². The van der Waals surface area contributed by atoms with Crippen LogP contribution >= 0.6 is 0 Å². The summed E-state index contributed by atoms with van der Waals surface area (Å²) in [6, 6.07) is 7.42. The standard InChI is InChI=1S/C22H29N3O3/c1-16(2)10-11-23-22(28)21(27)18-14-25(19-9-5-4-8-17(18)19)15-20(26)24-12-6-3-7-13-24/h4-5,8-9,14,16H,3,6-7,10-13,15H2,1-2H3,(H,23,28). The first-order valence-corrected chi connectivity index (χ1v) is 10.2. The molecular weight excluding hydrogens is 354 g/mol. The van der Waals surface area contributed by atoms with E-state index in [2.05, 4.69) is 19.2 Å². The molecule has 2 aromatic rings. The molecule has 1 fully saturated rings. The number of hydrogen-bond donors (Lipinski definition) is 1. The molecule has 6 heteroatoms. The van der Waals surface area contributed by atoms with Gasteiger partial charge in [0.05, 0.1) is 5.56 Å². The lowest BCUT2D eigenvalue weighted by Crippen LogP contribution is -2.37. The minimum Gasteiger partial charge on any atom is -0.349 e. The second kappa shape index (κ2) is 9.04. The molecule has 1 aliphatic rings. The Morgan fingerprint density at radius 1 is 1.07 bits per heavy atom. The summed E-state index contributed by atoms with van der Waals surface area (Å²) in [5, 5.41) is 3.41. The fourth-order valence-electron chi connectivity index (χ4n) is 3.62. The molecule has 1 saturated heterocycles. The second-order valence-electron chi connectivity index (χ2n) is 7.90. The van der Waals surface area contributed by atoms with Crippen LogP contribution in [0.5, 0.6) is 0 Å². The molecule has 3 rings (SSSR count). The zero-order valence-corrected chi connectivity index (χ0v) is 16.7. The number of hydrogen-bond acceptors (Lipinski definition) is 3. The van der Waals surface area contributed by atoms with Crippen molar-refractivity contribution >= 4 is 28.5 Å². The monoisotopic (exact) mass is 383 g/mol. The smallest absolute Gasteiger partial charge is 0.292 e. The van der Waals surface area contributed by atoms with Crippen molar-refractivity contribution in [3.05, 3.63) is 36.0 Å². The van der Waals surface area contributed by atoms with Crippen molar-refractivity contribution in [1.82, 2.24) is 14.8 Å². The summed E-state index contributed by atoms with van der Waals surface area (Å²) < 4.78 is 1.79. The molecule has 0 radical (unpaired) electrons. The summed E-state index contributed by atoms with van der Waals surface area (Å²) >= 11 is 0. The van der Waals surface area contributed by atoms with Gasteiger partial charge in [-0.3, -0.25) is 14.4 Å². The molecule has 1 aromatic carbocycles. The highest BCUT2D eigenvalue weighted by atomic mass is 16.2. The molecule has 0 spiro atoms. The molecule has 2 amide bonds. The van der Waals surface area contributed by atoms with Crippen molar-refractivity contribution in [2.45, 2.75) is 46.1 Å². The average Bonchev–Trinajstić information content (AvgIpc) is 3.06. The fourth-order valence-corrected chi connectivity index (χ4v) is 3.62. The predicted octanol–water partition coefficient (Wildman–Crippen LogP) is 3.00. The van der Waals surface area contributed by atoms with Crippen LogP contribution in [0.4, 0.5) is 0 Å². The van der Waals surface area contributed by atoms with Crippen LogP contribution < -0.4 is 5.32 Å². The van der Waals surface area contributed by atoms with E-state index in [-0.39, 0.29) is 12.5 Å². The number of benzene rings is 1. The van der Waals surface area contributed by atoms with E-state index in [9.17, 15) is 14.4 Å². The van der Waals surface area contributed by atoms with Crippen LogP contribution in [-0.4, -0.2) is 46.7 Å². The Hall–Kier alpha value is -2.63. The van der Waals surface area contributed by atoms with Gasteiger partial charge in [-0.1, -0.05) is 32.0 Å². The van der Waals surface area contributed by atoms with Crippen molar-refractivity contribution in [1.29, 1.82) is 0 Å². The summed E-state index contributed by atoms with van der Waals surface area (Å²) in [5.41, 5.74) is 1.15. The number of piperidine rings is 1. The van der Waals surface area contributed by atoms with Crippen LogP contribution in [0.15, 0.2) is 30.5 Å². The van der Waals surface area contributed by atoms with E-state index >= 15 is 0 Å². The Morgan fingerprint density at radius 2 is 1.79 bits per heavy atom. The van der Waals surface area contributed by atoms with Gasteiger partial charge in [0.25, 0.3) is 11.7 Å². The first kappa shape index (κ1) is 20.1. The van der Waals surface area contributed by atoms with Crippen LogP contribution in [0.25, 0.3) is 10.9 Å². The SMILES string of the molecule is CC(C)CCNC(=O)C(=O)c1cn(CC(=O)N2CCCCC2)c2ccccc12. The van der Waals surface area contributed by atoms with Gasteiger partial charge in [0, 0.05) is 36.7 Å². The summed E-state index contributed by atoms with van der Waals surface area (Å²) in [6.45, 7) is 6.39. The highest BCUT2D eigenvalue weighted by Gasteiger charge is 2.23. The van der Waals surface area contributed by atoms with Crippen molar-refractivity contribution in [3.63, 3.8) is 0 Å². The Bertz CT molecular complexity index is 863. The van der Waals surface area contributed by atoms with Crippen LogP contribution in [-0.2, 0) is 16.1 Å². The number of fused-ring (bicyclic) bond motifs is 1. The summed E-state index contributed by atoms with van der Waals surface area (Å²) in [6.07, 6.45) is 5.72. The van der Waals surface area contributed by atoms with E-state index in [0.29, 0.717) is 23.4 Å². The largest absolute Gasteiger partial charge is 0.349 e. The van der Waals surface area contributed by atoms with Crippen LogP contribution in [0.3, 0.4) is 0 Å². The van der Waals surface area contributed by atoms with E-state index in [0.717, 1.165) is 37.9 Å². The highest BCUT2D eigenvalue weighted by molar-refractivity contribution is 6.45. The third-order valence-corrected chi connectivity index (χ3v) is 5.26. The normalized spacial score (nSPS) is 14.5. The molecule has 28 heavy (non-hydrogen) atoms. The second-order valence-corrected chi connectivity index (χ2v) is 7.90. The molecule has 1 N–H and O–H groups in total. The van der Waals surface area contributed by atoms with Gasteiger partial charge in [0.15, 0.2) is 0 Å². The lowest BCUT2D eigenvalue weighted by molar-refractivity contribution is -0.132. The molecule has 0 unspecified atom stereocenters. The molecule has 0 aliphatic carbocycles. The molecule has 2 heterocycles. The number of aromatic nitrogens is 1. The van der Waals surface area contributed by atoms with Crippen LogP contribution in [0.2, 0.25) is 0 Å².